The third-order valence-corrected chi connectivity index (χ3v) is 4.29. The van der Waals surface area contributed by atoms with Crippen molar-refractivity contribution in [2.24, 2.45) is 0 Å². The van der Waals surface area contributed by atoms with Crippen LogP contribution in [0.2, 0.25) is 4.34 Å². The van der Waals surface area contributed by atoms with Crippen molar-refractivity contribution >= 4 is 46.3 Å². The summed E-state index contributed by atoms with van der Waals surface area (Å²) in [6.45, 7) is 1.57. The molecule has 2 rings (SSSR count). The first-order valence-electron chi connectivity index (χ1n) is 7.35. The van der Waals surface area contributed by atoms with Crippen molar-refractivity contribution in [3.05, 3.63) is 51.2 Å². The highest BCUT2D eigenvalue weighted by Gasteiger charge is 2.13. The van der Waals surface area contributed by atoms with E-state index in [2.05, 4.69) is 5.32 Å². The van der Waals surface area contributed by atoms with Crippen molar-refractivity contribution in [1.82, 2.24) is 0 Å². The molecule has 0 saturated carbocycles. The Balaban J connectivity index is 1.88. The van der Waals surface area contributed by atoms with Crippen LogP contribution in [0, 0.1) is 0 Å². The van der Waals surface area contributed by atoms with Crippen LogP contribution in [-0.4, -0.2) is 24.3 Å². The maximum atomic E-state index is 12.0. The van der Waals surface area contributed by atoms with Gasteiger partial charge < -0.3 is 10.1 Å². The van der Waals surface area contributed by atoms with Crippen LogP contribution in [0.25, 0.3) is 0 Å². The van der Waals surface area contributed by atoms with Gasteiger partial charge in [-0.15, -0.1) is 11.3 Å². The minimum absolute atomic E-state index is 0.0693. The average molecular weight is 366 g/mol. The molecule has 0 aliphatic carbocycles. The van der Waals surface area contributed by atoms with Crippen molar-refractivity contribution in [3.8, 4) is 0 Å². The zero-order valence-electron chi connectivity index (χ0n) is 13.0. The first kappa shape index (κ1) is 18.2. The van der Waals surface area contributed by atoms with E-state index in [0.717, 1.165) is 17.8 Å². The molecule has 0 aliphatic rings. The lowest BCUT2D eigenvalue weighted by Crippen LogP contribution is -2.14. The molecule has 0 fully saturated rings. The molecule has 1 amide bonds. The maximum Gasteiger partial charge on any atom is 0.348 e. The molecular formula is C17H16ClNO4S. The molecule has 0 saturated heterocycles. The van der Waals surface area contributed by atoms with Crippen molar-refractivity contribution in [3.63, 3.8) is 0 Å². The van der Waals surface area contributed by atoms with Gasteiger partial charge in [-0.3, -0.25) is 9.59 Å². The van der Waals surface area contributed by atoms with Crippen LogP contribution >= 0.6 is 22.9 Å². The highest BCUT2D eigenvalue weighted by atomic mass is 35.5. The standard InChI is InChI=1S/C17H16ClNO4S/c1-2-3-16(21)19-12-6-4-11(5-7-12)13(20)10-23-17(22)14-8-9-15(18)24-14/h4-9H,2-3,10H2,1H3,(H,19,21). The molecule has 0 atom stereocenters. The van der Waals surface area contributed by atoms with Crippen LogP contribution in [-0.2, 0) is 9.53 Å². The number of carbonyl (C=O) groups excluding carboxylic acids is 3. The lowest BCUT2D eigenvalue weighted by molar-refractivity contribution is -0.116. The number of anilines is 1. The number of thiophene rings is 1. The smallest absolute Gasteiger partial charge is 0.348 e. The molecule has 126 valence electrons. The molecule has 1 aromatic heterocycles. The zero-order valence-corrected chi connectivity index (χ0v) is 14.6. The summed E-state index contributed by atoms with van der Waals surface area (Å²) >= 11 is 6.84. The highest BCUT2D eigenvalue weighted by Crippen LogP contribution is 2.22. The number of halogens is 1. The fourth-order valence-corrected chi connectivity index (χ4v) is 2.84. The third-order valence-electron chi connectivity index (χ3n) is 3.08. The Bertz CT molecular complexity index is 739. The summed E-state index contributed by atoms with van der Waals surface area (Å²) in [5, 5.41) is 2.74. The van der Waals surface area contributed by atoms with Gasteiger partial charge in [0.1, 0.15) is 4.88 Å². The summed E-state index contributed by atoms with van der Waals surface area (Å²) in [5.74, 6) is -0.971. The van der Waals surface area contributed by atoms with Gasteiger partial charge in [-0.1, -0.05) is 18.5 Å². The molecule has 2 aromatic rings. The molecule has 1 N–H and O–H groups in total. The van der Waals surface area contributed by atoms with Gasteiger partial charge in [0.15, 0.2) is 12.4 Å². The van der Waals surface area contributed by atoms with Crippen molar-refractivity contribution in [2.75, 3.05) is 11.9 Å². The second-order valence-corrected chi connectivity index (χ2v) is 6.69. The fourth-order valence-electron chi connectivity index (χ4n) is 1.90. The Morgan fingerprint density at radius 3 is 2.42 bits per heavy atom. The van der Waals surface area contributed by atoms with Gasteiger partial charge in [-0.05, 0) is 42.8 Å². The average Bonchev–Trinajstić information content (AvgIpc) is 3.00. The molecule has 24 heavy (non-hydrogen) atoms. The minimum Gasteiger partial charge on any atom is -0.453 e. The minimum atomic E-state index is -0.580. The van der Waals surface area contributed by atoms with Crippen LogP contribution in [0.5, 0.6) is 0 Å². The van der Waals surface area contributed by atoms with E-state index in [1.807, 2.05) is 6.92 Å². The molecule has 1 aromatic carbocycles. The summed E-state index contributed by atoms with van der Waals surface area (Å²) in [4.78, 5) is 35.6. The number of rotatable bonds is 7. The van der Waals surface area contributed by atoms with E-state index < -0.39 is 5.97 Å². The van der Waals surface area contributed by atoms with Gasteiger partial charge in [0.2, 0.25) is 5.91 Å². The van der Waals surface area contributed by atoms with E-state index in [-0.39, 0.29) is 18.3 Å². The van der Waals surface area contributed by atoms with Gasteiger partial charge in [0.05, 0.1) is 4.34 Å². The number of amides is 1. The molecule has 5 nitrogen and oxygen atoms in total. The van der Waals surface area contributed by atoms with Crippen LogP contribution in [0.4, 0.5) is 5.69 Å². The quantitative estimate of drug-likeness (QED) is 0.590. The first-order chi connectivity index (χ1) is 11.5. The highest BCUT2D eigenvalue weighted by molar-refractivity contribution is 7.17. The number of ether oxygens (including phenoxy) is 1. The summed E-state index contributed by atoms with van der Waals surface area (Å²) in [6, 6.07) is 9.59. The van der Waals surface area contributed by atoms with Gasteiger partial charge in [-0.2, -0.15) is 0 Å². The molecule has 1 heterocycles. The topological polar surface area (TPSA) is 72.5 Å². The SMILES string of the molecule is CCCC(=O)Nc1ccc(C(=O)COC(=O)c2ccc(Cl)s2)cc1. The zero-order chi connectivity index (χ0) is 17.5. The van der Waals surface area contributed by atoms with Crippen LogP contribution in [0.15, 0.2) is 36.4 Å². The molecule has 0 unspecified atom stereocenters. The lowest BCUT2D eigenvalue weighted by atomic mass is 10.1. The van der Waals surface area contributed by atoms with Gasteiger partial charge >= 0.3 is 5.97 Å². The fraction of sp³-hybridized carbons (Fsp3) is 0.235. The van der Waals surface area contributed by atoms with E-state index in [9.17, 15) is 14.4 Å². The molecule has 0 radical (unpaired) electrons. The first-order valence-corrected chi connectivity index (χ1v) is 8.54. The third kappa shape index (κ3) is 5.18. The van der Waals surface area contributed by atoms with E-state index in [0.29, 0.717) is 26.9 Å². The number of nitrogens with one attached hydrogen (secondary N) is 1. The summed E-state index contributed by atoms with van der Waals surface area (Å²) in [5.41, 5.74) is 1.02. The van der Waals surface area contributed by atoms with Crippen molar-refractivity contribution in [2.45, 2.75) is 19.8 Å². The van der Waals surface area contributed by atoms with E-state index in [4.69, 9.17) is 16.3 Å². The van der Waals surface area contributed by atoms with Crippen molar-refractivity contribution in [1.29, 1.82) is 0 Å². The molecule has 0 aliphatic heterocycles. The predicted octanol–water partition coefficient (Wildman–Crippen LogP) is 4.18. The predicted molar refractivity (Wildman–Crippen MR) is 93.9 cm³/mol. The van der Waals surface area contributed by atoms with Crippen LogP contribution in [0.1, 0.15) is 39.8 Å². The lowest BCUT2D eigenvalue weighted by Gasteiger charge is -2.06. The van der Waals surface area contributed by atoms with Gasteiger partial charge in [-0.25, -0.2) is 4.79 Å². The Morgan fingerprint density at radius 2 is 1.83 bits per heavy atom. The number of ketones is 1. The van der Waals surface area contributed by atoms with Crippen LogP contribution in [0.3, 0.4) is 0 Å². The number of hydrogen-bond donors (Lipinski definition) is 1. The number of esters is 1. The van der Waals surface area contributed by atoms with E-state index in [1.54, 1.807) is 36.4 Å². The number of hydrogen-bond acceptors (Lipinski definition) is 5. The van der Waals surface area contributed by atoms with Crippen LogP contribution < -0.4 is 5.32 Å². The Labute approximate surface area is 148 Å². The van der Waals surface area contributed by atoms with E-state index in [1.165, 1.54) is 0 Å². The van der Waals surface area contributed by atoms with Crippen molar-refractivity contribution < 1.29 is 19.1 Å². The maximum absolute atomic E-state index is 12.0. The number of benzene rings is 1. The summed E-state index contributed by atoms with van der Waals surface area (Å²) < 4.78 is 5.46. The summed E-state index contributed by atoms with van der Waals surface area (Å²) in [7, 11) is 0. The Kier molecular flexibility index (Phi) is 6.52. The number of Topliss-reactive ketones (excluding diaryl/α,β-unsaturated/α-hetero) is 1. The molecule has 0 spiro atoms. The monoisotopic (exact) mass is 365 g/mol. The van der Waals surface area contributed by atoms with E-state index >= 15 is 0 Å². The number of carbonyl (C=O) groups is 3. The second kappa shape index (κ2) is 8.61. The molecular weight excluding hydrogens is 350 g/mol. The summed E-state index contributed by atoms with van der Waals surface area (Å²) in [6.07, 6.45) is 1.21. The van der Waals surface area contributed by atoms with Gasteiger partial charge in [0.25, 0.3) is 0 Å². The molecule has 7 heteroatoms. The Hall–Kier alpha value is -2.18. The second-order valence-electron chi connectivity index (χ2n) is 4.98. The largest absolute Gasteiger partial charge is 0.453 e. The molecule has 0 bridgehead atoms. The Morgan fingerprint density at radius 1 is 1.12 bits per heavy atom. The normalized spacial score (nSPS) is 10.2. The van der Waals surface area contributed by atoms with Gasteiger partial charge in [0, 0.05) is 17.7 Å².